The fourth-order valence-corrected chi connectivity index (χ4v) is 3.14. The molecule has 4 heteroatoms. The second-order valence-electron chi connectivity index (χ2n) is 5.91. The molecule has 2 rings (SSSR count). The largest absolute Gasteiger partial charge is 0.328 e. The normalized spacial score (nSPS) is 11.9. The molecule has 0 saturated carbocycles. The molecule has 1 heterocycles. The number of thioether (sulfide) groups is 1. The number of aromatic nitrogens is 1. The van der Waals surface area contributed by atoms with Crippen molar-refractivity contribution in [3.63, 3.8) is 0 Å². The SMILES string of the molecule is CC(C)CCSCC(=O)N=c1ccccn1Cc1ccccc1. The van der Waals surface area contributed by atoms with Crippen LogP contribution < -0.4 is 5.49 Å². The van der Waals surface area contributed by atoms with Crippen molar-refractivity contribution in [2.24, 2.45) is 10.9 Å². The Morgan fingerprint density at radius 1 is 1.13 bits per heavy atom. The van der Waals surface area contributed by atoms with Gasteiger partial charge in [-0.2, -0.15) is 16.8 Å². The van der Waals surface area contributed by atoms with Gasteiger partial charge in [0.15, 0.2) is 0 Å². The maximum atomic E-state index is 12.1. The molecule has 23 heavy (non-hydrogen) atoms. The summed E-state index contributed by atoms with van der Waals surface area (Å²) in [5.74, 6) is 2.08. The third kappa shape index (κ3) is 6.45. The number of amides is 1. The maximum Gasteiger partial charge on any atom is 0.257 e. The molecule has 2 aromatic rings. The summed E-state index contributed by atoms with van der Waals surface area (Å²) in [6.45, 7) is 5.11. The molecule has 122 valence electrons. The van der Waals surface area contributed by atoms with E-state index in [0.29, 0.717) is 23.7 Å². The van der Waals surface area contributed by atoms with Crippen molar-refractivity contribution in [2.75, 3.05) is 11.5 Å². The second-order valence-corrected chi connectivity index (χ2v) is 7.02. The molecular formula is C19H24N2OS. The smallest absolute Gasteiger partial charge is 0.257 e. The lowest BCUT2D eigenvalue weighted by atomic mass is 10.2. The van der Waals surface area contributed by atoms with Crippen LogP contribution in [0.2, 0.25) is 0 Å². The van der Waals surface area contributed by atoms with Crippen LogP contribution in [0.5, 0.6) is 0 Å². The van der Waals surface area contributed by atoms with Crippen LogP contribution in [-0.2, 0) is 11.3 Å². The zero-order valence-electron chi connectivity index (χ0n) is 13.8. The van der Waals surface area contributed by atoms with Gasteiger partial charge in [-0.15, -0.1) is 0 Å². The van der Waals surface area contributed by atoms with E-state index < -0.39 is 0 Å². The average molecular weight is 328 g/mol. The molecule has 1 aromatic carbocycles. The van der Waals surface area contributed by atoms with Crippen molar-refractivity contribution in [3.8, 4) is 0 Å². The summed E-state index contributed by atoms with van der Waals surface area (Å²) in [6, 6.07) is 16.0. The Morgan fingerprint density at radius 3 is 2.61 bits per heavy atom. The highest BCUT2D eigenvalue weighted by molar-refractivity contribution is 7.99. The highest BCUT2D eigenvalue weighted by Crippen LogP contribution is 2.08. The van der Waals surface area contributed by atoms with Crippen LogP contribution in [0.4, 0.5) is 0 Å². The van der Waals surface area contributed by atoms with Gasteiger partial charge >= 0.3 is 0 Å². The van der Waals surface area contributed by atoms with Crippen LogP contribution in [0.3, 0.4) is 0 Å². The van der Waals surface area contributed by atoms with Crippen LogP contribution in [0.15, 0.2) is 59.7 Å². The molecule has 0 aliphatic carbocycles. The van der Waals surface area contributed by atoms with Gasteiger partial charge in [-0.25, -0.2) is 0 Å². The van der Waals surface area contributed by atoms with Crippen LogP contribution in [-0.4, -0.2) is 22.0 Å². The van der Waals surface area contributed by atoms with Crippen molar-refractivity contribution in [1.82, 2.24) is 4.57 Å². The fraction of sp³-hybridized carbons (Fsp3) is 0.368. The molecule has 0 bridgehead atoms. The van der Waals surface area contributed by atoms with Gasteiger partial charge < -0.3 is 4.57 Å². The van der Waals surface area contributed by atoms with Crippen molar-refractivity contribution < 1.29 is 4.79 Å². The molecule has 0 N–H and O–H groups in total. The zero-order valence-corrected chi connectivity index (χ0v) is 14.6. The van der Waals surface area contributed by atoms with Gasteiger partial charge in [-0.3, -0.25) is 4.79 Å². The highest BCUT2D eigenvalue weighted by Gasteiger charge is 2.02. The number of nitrogens with zero attached hydrogens (tertiary/aromatic N) is 2. The molecule has 0 unspecified atom stereocenters. The first-order chi connectivity index (χ1) is 11.1. The standard InChI is InChI=1S/C19H24N2OS/c1-16(2)11-13-23-15-19(22)20-18-10-6-7-12-21(18)14-17-8-4-3-5-9-17/h3-10,12,16H,11,13-15H2,1-2H3. The molecule has 0 fully saturated rings. The van der Waals surface area contributed by atoms with Gasteiger partial charge in [0.25, 0.3) is 5.91 Å². The van der Waals surface area contributed by atoms with Crippen LogP contribution in [0.25, 0.3) is 0 Å². The van der Waals surface area contributed by atoms with E-state index in [1.54, 1.807) is 11.8 Å². The molecule has 0 aliphatic rings. The van der Waals surface area contributed by atoms with E-state index in [-0.39, 0.29) is 5.91 Å². The summed E-state index contributed by atoms with van der Waals surface area (Å²) in [4.78, 5) is 16.3. The minimum atomic E-state index is -0.0632. The molecule has 1 aromatic heterocycles. The Morgan fingerprint density at radius 2 is 1.87 bits per heavy atom. The summed E-state index contributed by atoms with van der Waals surface area (Å²) in [5.41, 5.74) is 1.91. The van der Waals surface area contributed by atoms with E-state index >= 15 is 0 Å². The summed E-state index contributed by atoms with van der Waals surface area (Å²) in [6.07, 6.45) is 3.10. The van der Waals surface area contributed by atoms with Crippen molar-refractivity contribution in [1.29, 1.82) is 0 Å². The number of carbonyl (C=O) groups excluding carboxylic acids is 1. The van der Waals surface area contributed by atoms with Crippen molar-refractivity contribution >= 4 is 17.7 Å². The first kappa shape index (κ1) is 17.5. The molecule has 1 amide bonds. The number of carbonyl (C=O) groups is 1. The van der Waals surface area contributed by atoms with Gasteiger partial charge in [-0.1, -0.05) is 50.2 Å². The highest BCUT2D eigenvalue weighted by atomic mass is 32.2. The number of hydrogen-bond donors (Lipinski definition) is 0. The van der Waals surface area contributed by atoms with Crippen molar-refractivity contribution in [3.05, 3.63) is 65.8 Å². The van der Waals surface area contributed by atoms with E-state index in [1.165, 1.54) is 5.56 Å². The molecule has 0 spiro atoms. The predicted octanol–water partition coefficient (Wildman–Crippen LogP) is 3.74. The first-order valence-electron chi connectivity index (χ1n) is 8.00. The summed E-state index contributed by atoms with van der Waals surface area (Å²) in [5, 5.41) is 0. The number of benzene rings is 1. The third-order valence-corrected chi connectivity index (χ3v) is 4.39. The van der Waals surface area contributed by atoms with Gasteiger partial charge in [-0.05, 0) is 35.8 Å². The molecule has 0 aliphatic heterocycles. The molecule has 0 atom stereocenters. The minimum Gasteiger partial charge on any atom is -0.328 e. The Kier molecular flexibility index (Phi) is 7.14. The first-order valence-corrected chi connectivity index (χ1v) is 9.15. The number of hydrogen-bond acceptors (Lipinski definition) is 2. The van der Waals surface area contributed by atoms with Gasteiger partial charge in [0.2, 0.25) is 0 Å². The predicted molar refractivity (Wildman–Crippen MR) is 97.3 cm³/mol. The van der Waals surface area contributed by atoms with E-state index in [9.17, 15) is 4.79 Å². The summed E-state index contributed by atoms with van der Waals surface area (Å²) < 4.78 is 2.01. The maximum absolute atomic E-state index is 12.1. The quantitative estimate of drug-likeness (QED) is 0.726. The Hall–Kier alpha value is -1.81. The lowest BCUT2D eigenvalue weighted by Gasteiger charge is -2.07. The minimum absolute atomic E-state index is 0.0632. The molecule has 3 nitrogen and oxygen atoms in total. The zero-order chi connectivity index (χ0) is 16.5. The topological polar surface area (TPSA) is 34.4 Å². The van der Waals surface area contributed by atoms with E-state index in [2.05, 4.69) is 31.0 Å². The summed E-state index contributed by atoms with van der Waals surface area (Å²) >= 11 is 1.67. The van der Waals surface area contributed by atoms with Crippen LogP contribution in [0, 0.1) is 5.92 Å². The van der Waals surface area contributed by atoms with E-state index in [4.69, 9.17) is 0 Å². The Bertz CT molecular complexity index is 677. The van der Waals surface area contributed by atoms with Gasteiger partial charge in [0.1, 0.15) is 5.49 Å². The van der Waals surface area contributed by atoms with E-state index in [0.717, 1.165) is 12.2 Å². The molecular weight excluding hydrogens is 304 g/mol. The monoisotopic (exact) mass is 328 g/mol. The average Bonchev–Trinajstić information content (AvgIpc) is 2.54. The third-order valence-electron chi connectivity index (χ3n) is 3.42. The van der Waals surface area contributed by atoms with Gasteiger partial charge in [0, 0.05) is 12.7 Å². The van der Waals surface area contributed by atoms with Crippen LogP contribution in [0.1, 0.15) is 25.8 Å². The Labute approximate surface area is 142 Å². The lowest BCUT2D eigenvalue weighted by molar-refractivity contribution is -0.115. The molecule has 0 saturated heterocycles. The second kappa shape index (κ2) is 9.36. The van der Waals surface area contributed by atoms with E-state index in [1.807, 2.05) is 47.2 Å². The fourth-order valence-electron chi connectivity index (χ4n) is 2.12. The van der Waals surface area contributed by atoms with Crippen molar-refractivity contribution in [2.45, 2.75) is 26.8 Å². The lowest BCUT2D eigenvalue weighted by Crippen LogP contribution is -2.22. The number of rotatable bonds is 7. The Balaban J connectivity index is 2.02. The summed E-state index contributed by atoms with van der Waals surface area (Å²) in [7, 11) is 0. The van der Waals surface area contributed by atoms with Gasteiger partial charge in [0.05, 0.1) is 5.75 Å². The van der Waals surface area contributed by atoms with Crippen LogP contribution >= 0.6 is 11.8 Å². The molecule has 0 radical (unpaired) electrons. The number of pyridine rings is 1.